The first-order valence-corrected chi connectivity index (χ1v) is 7.57. The Hall–Kier alpha value is -1.02. The van der Waals surface area contributed by atoms with Gasteiger partial charge in [-0.25, -0.2) is 0 Å². The third kappa shape index (κ3) is 5.23. The summed E-state index contributed by atoms with van der Waals surface area (Å²) in [7, 11) is 0. The van der Waals surface area contributed by atoms with Gasteiger partial charge in [-0.3, -0.25) is 0 Å². The van der Waals surface area contributed by atoms with Crippen LogP contribution in [-0.4, -0.2) is 12.6 Å². The molecule has 2 nitrogen and oxygen atoms in total. The average Bonchev–Trinajstić information content (AvgIpc) is 2.39. The number of ether oxygens (including phenoxy) is 1. The molecule has 0 saturated heterocycles. The van der Waals surface area contributed by atoms with Crippen molar-refractivity contribution < 1.29 is 4.74 Å². The van der Waals surface area contributed by atoms with Crippen LogP contribution < -0.4 is 10.1 Å². The molecule has 0 bridgehead atoms. The number of hydrogen-bond donors (Lipinski definition) is 1. The van der Waals surface area contributed by atoms with Gasteiger partial charge < -0.3 is 10.1 Å². The number of para-hydroxylation sites is 1. The van der Waals surface area contributed by atoms with Crippen LogP contribution >= 0.6 is 0 Å². The lowest BCUT2D eigenvalue weighted by Crippen LogP contribution is -2.25. The number of hydrogen-bond acceptors (Lipinski definition) is 2. The molecule has 0 amide bonds. The molecule has 1 unspecified atom stereocenters. The second-order valence-corrected chi connectivity index (χ2v) is 5.52. The first-order valence-electron chi connectivity index (χ1n) is 7.57. The van der Waals surface area contributed by atoms with Gasteiger partial charge in [0.05, 0.1) is 6.10 Å². The van der Waals surface area contributed by atoms with Crippen molar-refractivity contribution in [3.63, 3.8) is 0 Å². The first-order chi connectivity index (χ1) is 9.08. The largest absolute Gasteiger partial charge is 0.491 e. The molecule has 1 N–H and O–H groups in total. The summed E-state index contributed by atoms with van der Waals surface area (Å²) < 4.78 is 5.89. The van der Waals surface area contributed by atoms with Gasteiger partial charge in [0, 0.05) is 11.6 Å². The molecule has 0 aliphatic heterocycles. The molecule has 1 aromatic rings. The Kier molecular flexibility index (Phi) is 6.93. The van der Waals surface area contributed by atoms with E-state index in [0.717, 1.165) is 18.2 Å². The minimum absolute atomic E-state index is 0.215. The van der Waals surface area contributed by atoms with E-state index in [1.807, 2.05) is 6.07 Å². The van der Waals surface area contributed by atoms with Crippen LogP contribution in [0.4, 0.5) is 0 Å². The lowest BCUT2D eigenvalue weighted by molar-refractivity contribution is 0.237. The maximum atomic E-state index is 5.89. The predicted molar refractivity (Wildman–Crippen MR) is 82.7 cm³/mol. The standard InChI is InChI=1S/C17H29NO/c1-6-15(7-2)12-18-14(5)16-10-8-9-11-17(16)19-13(3)4/h8-11,13-15,18H,6-7,12H2,1-5H3. The van der Waals surface area contributed by atoms with Crippen LogP contribution in [0.1, 0.15) is 59.1 Å². The van der Waals surface area contributed by atoms with Crippen molar-refractivity contribution in [3.8, 4) is 5.75 Å². The summed E-state index contributed by atoms with van der Waals surface area (Å²) in [5, 5.41) is 3.63. The third-order valence-corrected chi connectivity index (χ3v) is 3.62. The highest BCUT2D eigenvalue weighted by atomic mass is 16.5. The molecular formula is C17H29NO. The quantitative estimate of drug-likeness (QED) is 0.742. The van der Waals surface area contributed by atoms with E-state index in [2.05, 4.69) is 58.1 Å². The van der Waals surface area contributed by atoms with Crippen molar-refractivity contribution in [1.82, 2.24) is 5.32 Å². The molecule has 19 heavy (non-hydrogen) atoms. The number of rotatable bonds is 8. The van der Waals surface area contributed by atoms with Crippen molar-refractivity contribution in [2.24, 2.45) is 5.92 Å². The zero-order valence-electron chi connectivity index (χ0n) is 13.1. The summed E-state index contributed by atoms with van der Waals surface area (Å²) in [6.45, 7) is 11.9. The molecule has 0 aliphatic carbocycles. The fourth-order valence-corrected chi connectivity index (χ4v) is 2.23. The van der Waals surface area contributed by atoms with Gasteiger partial charge >= 0.3 is 0 Å². The number of nitrogens with one attached hydrogen (secondary N) is 1. The van der Waals surface area contributed by atoms with Crippen LogP contribution in [0.25, 0.3) is 0 Å². The minimum atomic E-state index is 0.215. The van der Waals surface area contributed by atoms with Crippen molar-refractivity contribution in [1.29, 1.82) is 0 Å². The van der Waals surface area contributed by atoms with E-state index in [9.17, 15) is 0 Å². The zero-order chi connectivity index (χ0) is 14.3. The molecule has 108 valence electrons. The van der Waals surface area contributed by atoms with E-state index in [1.165, 1.54) is 18.4 Å². The predicted octanol–water partition coefficient (Wildman–Crippen LogP) is 4.56. The molecule has 0 aromatic heterocycles. The van der Waals surface area contributed by atoms with Crippen molar-refractivity contribution in [2.45, 2.75) is 59.6 Å². The van der Waals surface area contributed by atoms with Gasteiger partial charge in [0.1, 0.15) is 5.75 Å². The van der Waals surface area contributed by atoms with E-state index >= 15 is 0 Å². The lowest BCUT2D eigenvalue weighted by Gasteiger charge is -2.22. The normalized spacial score (nSPS) is 13.0. The molecule has 2 heteroatoms. The lowest BCUT2D eigenvalue weighted by atomic mass is 10.0. The Bertz CT molecular complexity index is 358. The molecule has 0 fully saturated rings. The van der Waals surface area contributed by atoms with E-state index in [-0.39, 0.29) is 6.10 Å². The highest BCUT2D eigenvalue weighted by molar-refractivity contribution is 5.35. The minimum Gasteiger partial charge on any atom is -0.491 e. The van der Waals surface area contributed by atoms with Crippen LogP contribution in [0.15, 0.2) is 24.3 Å². The Morgan fingerprint density at radius 1 is 1.05 bits per heavy atom. The molecule has 0 heterocycles. The Morgan fingerprint density at radius 3 is 2.26 bits per heavy atom. The second kappa shape index (κ2) is 8.21. The molecule has 0 saturated carbocycles. The maximum Gasteiger partial charge on any atom is 0.124 e. The SMILES string of the molecule is CCC(CC)CNC(C)c1ccccc1OC(C)C. The van der Waals surface area contributed by atoms with Crippen molar-refractivity contribution in [2.75, 3.05) is 6.54 Å². The topological polar surface area (TPSA) is 21.3 Å². The summed E-state index contributed by atoms with van der Waals surface area (Å²) >= 11 is 0. The summed E-state index contributed by atoms with van der Waals surface area (Å²) in [6, 6.07) is 8.66. The average molecular weight is 263 g/mol. The van der Waals surface area contributed by atoms with Gasteiger partial charge in [-0.1, -0.05) is 44.9 Å². The Labute approximate surface area is 118 Å². The molecule has 1 aromatic carbocycles. The summed E-state index contributed by atoms with van der Waals surface area (Å²) in [5.41, 5.74) is 1.25. The van der Waals surface area contributed by atoms with Gasteiger partial charge in [0.25, 0.3) is 0 Å². The van der Waals surface area contributed by atoms with Gasteiger partial charge in [-0.2, -0.15) is 0 Å². The van der Waals surface area contributed by atoms with E-state index < -0.39 is 0 Å². The summed E-state index contributed by atoms with van der Waals surface area (Å²) in [5.74, 6) is 1.77. The first kappa shape index (κ1) is 16.0. The van der Waals surface area contributed by atoms with E-state index in [1.54, 1.807) is 0 Å². The molecule has 1 atom stereocenters. The summed E-state index contributed by atoms with van der Waals surface area (Å²) in [6.07, 6.45) is 2.69. The van der Waals surface area contributed by atoms with Gasteiger partial charge in [0.15, 0.2) is 0 Å². The molecule has 0 radical (unpaired) electrons. The van der Waals surface area contributed by atoms with E-state index in [4.69, 9.17) is 4.74 Å². The number of benzene rings is 1. The molecule has 0 aliphatic rings. The highest BCUT2D eigenvalue weighted by Gasteiger charge is 2.13. The van der Waals surface area contributed by atoms with Gasteiger partial charge in [-0.15, -0.1) is 0 Å². The maximum absolute atomic E-state index is 5.89. The third-order valence-electron chi connectivity index (χ3n) is 3.62. The zero-order valence-corrected chi connectivity index (χ0v) is 13.1. The molecular weight excluding hydrogens is 234 g/mol. The van der Waals surface area contributed by atoms with Gasteiger partial charge in [-0.05, 0) is 39.3 Å². The fraction of sp³-hybridized carbons (Fsp3) is 0.647. The van der Waals surface area contributed by atoms with Crippen LogP contribution in [0.2, 0.25) is 0 Å². The monoisotopic (exact) mass is 263 g/mol. The van der Waals surface area contributed by atoms with Gasteiger partial charge in [0.2, 0.25) is 0 Å². The van der Waals surface area contributed by atoms with E-state index in [0.29, 0.717) is 6.04 Å². The second-order valence-electron chi connectivity index (χ2n) is 5.52. The summed E-state index contributed by atoms with van der Waals surface area (Å²) in [4.78, 5) is 0. The van der Waals surface area contributed by atoms with Crippen molar-refractivity contribution in [3.05, 3.63) is 29.8 Å². The fourth-order valence-electron chi connectivity index (χ4n) is 2.23. The smallest absolute Gasteiger partial charge is 0.124 e. The molecule has 0 spiro atoms. The van der Waals surface area contributed by atoms with Crippen molar-refractivity contribution >= 4 is 0 Å². The van der Waals surface area contributed by atoms with Crippen LogP contribution in [0.3, 0.4) is 0 Å². The highest BCUT2D eigenvalue weighted by Crippen LogP contribution is 2.26. The van der Waals surface area contributed by atoms with Crippen LogP contribution in [0, 0.1) is 5.92 Å². The Balaban J connectivity index is 2.67. The van der Waals surface area contributed by atoms with Crippen LogP contribution in [-0.2, 0) is 0 Å². The van der Waals surface area contributed by atoms with Crippen LogP contribution in [0.5, 0.6) is 5.75 Å². The molecule has 1 rings (SSSR count). The Morgan fingerprint density at radius 2 is 1.68 bits per heavy atom.